The van der Waals surface area contributed by atoms with E-state index in [9.17, 15) is 8.42 Å². The van der Waals surface area contributed by atoms with Gasteiger partial charge in [-0.25, -0.2) is 13.1 Å². The fourth-order valence-electron chi connectivity index (χ4n) is 3.53. The van der Waals surface area contributed by atoms with Gasteiger partial charge in [0.05, 0.1) is 4.90 Å². The van der Waals surface area contributed by atoms with Gasteiger partial charge >= 0.3 is 0 Å². The summed E-state index contributed by atoms with van der Waals surface area (Å²) >= 11 is 6.01. The molecule has 2 aromatic rings. The van der Waals surface area contributed by atoms with Gasteiger partial charge in [-0.05, 0) is 55.5 Å². The van der Waals surface area contributed by atoms with E-state index in [2.05, 4.69) is 4.72 Å². The SMILES string of the molecule is Cc1ccc(S(=O)(=O)NC(c2ccc(Cl)cc2)C2CCCCC2)cc1. The molecule has 0 heterocycles. The molecule has 0 bridgehead atoms. The van der Waals surface area contributed by atoms with Crippen LogP contribution in [0.4, 0.5) is 0 Å². The Labute approximate surface area is 155 Å². The van der Waals surface area contributed by atoms with Crippen LogP contribution in [0.5, 0.6) is 0 Å². The number of hydrogen-bond acceptors (Lipinski definition) is 2. The highest BCUT2D eigenvalue weighted by Crippen LogP contribution is 2.35. The Morgan fingerprint density at radius 2 is 1.56 bits per heavy atom. The van der Waals surface area contributed by atoms with Crippen LogP contribution in [0.2, 0.25) is 5.02 Å². The minimum Gasteiger partial charge on any atom is -0.207 e. The Bertz CT molecular complexity index is 795. The van der Waals surface area contributed by atoms with Gasteiger partial charge in [-0.15, -0.1) is 0 Å². The maximum absolute atomic E-state index is 12.9. The lowest BCUT2D eigenvalue weighted by Crippen LogP contribution is -2.34. The van der Waals surface area contributed by atoms with Gasteiger partial charge in [-0.1, -0.05) is 60.7 Å². The van der Waals surface area contributed by atoms with Gasteiger partial charge in [0, 0.05) is 11.1 Å². The van der Waals surface area contributed by atoms with E-state index in [1.165, 1.54) is 6.42 Å². The first kappa shape index (κ1) is 18.4. The molecule has 134 valence electrons. The number of sulfonamides is 1. The van der Waals surface area contributed by atoms with Gasteiger partial charge in [0.2, 0.25) is 10.0 Å². The van der Waals surface area contributed by atoms with Crippen LogP contribution in [0, 0.1) is 12.8 Å². The molecule has 1 saturated carbocycles. The summed E-state index contributed by atoms with van der Waals surface area (Å²) in [5.41, 5.74) is 2.02. The van der Waals surface area contributed by atoms with Crippen molar-refractivity contribution in [1.82, 2.24) is 4.72 Å². The molecule has 0 saturated heterocycles. The first-order valence-electron chi connectivity index (χ1n) is 8.80. The molecule has 3 nitrogen and oxygen atoms in total. The summed E-state index contributed by atoms with van der Waals surface area (Å²) in [6, 6.07) is 14.3. The van der Waals surface area contributed by atoms with E-state index in [1.807, 2.05) is 43.3 Å². The number of rotatable bonds is 5. The zero-order valence-corrected chi connectivity index (χ0v) is 16.0. The molecule has 0 radical (unpaired) electrons. The molecule has 0 aliphatic heterocycles. The van der Waals surface area contributed by atoms with Crippen LogP contribution in [0.15, 0.2) is 53.4 Å². The largest absolute Gasteiger partial charge is 0.241 e. The number of benzene rings is 2. The maximum atomic E-state index is 12.9. The van der Waals surface area contributed by atoms with Gasteiger partial charge < -0.3 is 0 Å². The van der Waals surface area contributed by atoms with E-state index in [4.69, 9.17) is 11.6 Å². The number of aryl methyl sites for hydroxylation is 1. The highest BCUT2D eigenvalue weighted by Gasteiger charge is 2.29. The van der Waals surface area contributed by atoms with Crippen LogP contribution in [0.3, 0.4) is 0 Å². The van der Waals surface area contributed by atoms with E-state index < -0.39 is 10.0 Å². The van der Waals surface area contributed by atoms with Crippen molar-refractivity contribution in [1.29, 1.82) is 0 Å². The first-order chi connectivity index (χ1) is 12.0. The fourth-order valence-corrected chi connectivity index (χ4v) is 4.95. The summed E-state index contributed by atoms with van der Waals surface area (Å²) in [6.45, 7) is 1.95. The summed E-state index contributed by atoms with van der Waals surface area (Å²) in [5, 5.41) is 0.660. The van der Waals surface area contributed by atoms with E-state index in [0.29, 0.717) is 15.8 Å². The predicted octanol–water partition coefficient (Wildman–Crippen LogP) is 5.25. The van der Waals surface area contributed by atoms with Crippen molar-refractivity contribution in [3.8, 4) is 0 Å². The molecular weight excluding hydrogens is 354 g/mol. The molecule has 1 atom stereocenters. The minimum atomic E-state index is -3.57. The smallest absolute Gasteiger partial charge is 0.207 e. The Kier molecular flexibility index (Phi) is 5.82. The molecule has 3 rings (SSSR count). The Morgan fingerprint density at radius 1 is 0.960 bits per heavy atom. The van der Waals surface area contributed by atoms with E-state index >= 15 is 0 Å². The predicted molar refractivity (Wildman–Crippen MR) is 102 cm³/mol. The second-order valence-electron chi connectivity index (χ2n) is 6.86. The van der Waals surface area contributed by atoms with Crippen LogP contribution >= 0.6 is 11.6 Å². The molecule has 25 heavy (non-hydrogen) atoms. The van der Waals surface area contributed by atoms with Crippen LogP contribution in [-0.4, -0.2) is 8.42 Å². The van der Waals surface area contributed by atoms with Crippen molar-refractivity contribution in [2.24, 2.45) is 5.92 Å². The second kappa shape index (κ2) is 7.90. The van der Waals surface area contributed by atoms with Crippen molar-refractivity contribution < 1.29 is 8.42 Å². The lowest BCUT2D eigenvalue weighted by molar-refractivity contribution is 0.294. The van der Waals surface area contributed by atoms with Crippen molar-refractivity contribution in [3.63, 3.8) is 0 Å². The van der Waals surface area contributed by atoms with Gasteiger partial charge in [-0.3, -0.25) is 0 Å². The van der Waals surface area contributed by atoms with Crippen LogP contribution in [0.25, 0.3) is 0 Å². The van der Waals surface area contributed by atoms with Crippen molar-refractivity contribution in [3.05, 3.63) is 64.7 Å². The quantitative estimate of drug-likeness (QED) is 0.773. The van der Waals surface area contributed by atoms with Crippen molar-refractivity contribution in [2.75, 3.05) is 0 Å². The fraction of sp³-hybridized carbons (Fsp3) is 0.400. The normalized spacial score (nSPS) is 17.4. The molecule has 1 aliphatic rings. The standard InChI is InChI=1S/C20H24ClNO2S/c1-15-7-13-19(14-8-15)25(23,24)22-20(16-5-3-2-4-6-16)17-9-11-18(21)12-10-17/h7-14,16,20,22H,2-6H2,1H3. The van der Waals surface area contributed by atoms with Gasteiger partial charge in [0.1, 0.15) is 0 Å². The second-order valence-corrected chi connectivity index (χ2v) is 9.01. The average molecular weight is 378 g/mol. The van der Waals surface area contributed by atoms with Gasteiger partial charge in [0.15, 0.2) is 0 Å². The summed E-state index contributed by atoms with van der Waals surface area (Å²) in [4.78, 5) is 0.313. The van der Waals surface area contributed by atoms with Gasteiger partial charge in [-0.2, -0.15) is 0 Å². The summed E-state index contributed by atoms with van der Waals surface area (Å²) in [5.74, 6) is 0.315. The number of nitrogens with one attached hydrogen (secondary N) is 1. The van der Waals surface area contributed by atoms with Crippen LogP contribution in [-0.2, 0) is 10.0 Å². The molecule has 0 aromatic heterocycles. The maximum Gasteiger partial charge on any atom is 0.241 e. The topological polar surface area (TPSA) is 46.2 Å². The van der Waals surface area contributed by atoms with Gasteiger partial charge in [0.25, 0.3) is 0 Å². The molecule has 1 unspecified atom stereocenters. The van der Waals surface area contributed by atoms with E-state index in [0.717, 1.165) is 36.8 Å². The third-order valence-corrected chi connectivity index (χ3v) is 6.67. The summed E-state index contributed by atoms with van der Waals surface area (Å²) in [7, 11) is -3.57. The molecular formula is C20H24ClNO2S. The van der Waals surface area contributed by atoms with Crippen molar-refractivity contribution >= 4 is 21.6 Å². The summed E-state index contributed by atoms with van der Waals surface area (Å²) < 4.78 is 28.8. The third-order valence-electron chi connectivity index (χ3n) is 4.96. The zero-order chi connectivity index (χ0) is 17.9. The molecule has 0 spiro atoms. The van der Waals surface area contributed by atoms with E-state index in [1.54, 1.807) is 12.1 Å². The minimum absolute atomic E-state index is 0.219. The molecule has 2 aromatic carbocycles. The zero-order valence-electron chi connectivity index (χ0n) is 14.4. The number of halogens is 1. The first-order valence-corrected chi connectivity index (χ1v) is 10.7. The monoisotopic (exact) mass is 377 g/mol. The van der Waals surface area contributed by atoms with E-state index in [-0.39, 0.29) is 6.04 Å². The molecule has 1 N–H and O–H groups in total. The number of hydrogen-bond donors (Lipinski definition) is 1. The molecule has 1 fully saturated rings. The molecule has 5 heteroatoms. The Hall–Kier alpha value is -1.36. The summed E-state index contributed by atoms with van der Waals surface area (Å²) in [6.07, 6.45) is 5.63. The van der Waals surface area contributed by atoms with Crippen LogP contribution < -0.4 is 4.72 Å². The third kappa shape index (κ3) is 4.63. The van der Waals surface area contributed by atoms with Crippen LogP contribution in [0.1, 0.15) is 49.3 Å². The Balaban J connectivity index is 1.90. The van der Waals surface area contributed by atoms with Crippen molar-refractivity contribution in [2.45, 2.75) is 50.0 Å². The molecule has 1 aliphatic carbocycles. The lowest BCUT2D eigenvalue weighted by atomic mass is 9.81. The highest BCUT2D eigenvalue weighted by atomic mass is 35.5. The Morgan fingerprint density at radius 3 is 2.16 bits per heavy atom. The molecule has 0 amide bonds. The lowest BCUT2D eigenvalue weighted by Gasteiger charge is -2.31. The highest BCUT2D eigenvalue weighted by molar-refractivity contribution is 7.89. The average Bonchev–Trinajstić information content (AvgIpc) is 2.62.